The van der Waals surface area contributed by atoms with Crippen molar-refractivity contribution in [2.45, 2.75) is 18.9 Å². The molecule has 1 fully saturated rings. The number of H-pyrrole nitrogens is 1. The standard InChI is InChI=1S/C16H18N4/c1-4-14(13-6-8-18-15(13)5-1)16-19-9-10-20(16)12-3-2-7-17-11-12/h1,4-6,8-10,12,17-18H,2-3,7,11H2/t12-/m1/s1. The molecule has 2 aromatic heterocycles. The lowest BCUT2D eigenvalue weighted by Crippen LogP contribution is -2.31. The SMILES string of the molecule is c1cc(-c2nccn2[C@@H]2CCCNC2)c2cc[nH]c2c1. The molecule has 1 aliphatic rings. The monoisotopic (exact) mass is 266 g/mol. The summed E-state index contributed by atoms with van der Waals surface area (Å²) in [6, 6.07) is 8.99. The second kappa shape index (κ2) is 4.80. The van der Waals surface area contributed by atoms with Crippen LogP contribution >= 0.6 is 0 Å². The Kier molecular flexibility index (Phi) is 2.81. The molecule has 4 rings (SSSR count). The zero-order valence-electron chi connectivity index (χ0n) is 11.3. The average Bonchev–Trinajstić information content (AvgIpc) is 3.16. The highest BCUT2D eigenvalue weighted by Crippen LogP contribution is 2.30. The Morgan fingerprint density at radius 2 is 2.25 bits per heavy atom. The van der Waals surface area contributed by atoms with Gasteiger partial charge in [-0.3, -0.25) is 0 Å². The number of hydrogen-bond acceptors (Lipinski definition) is 2. The van der Waals surface area contributed by atoms with E-state index in [2.05, 4.69) is 50.3 Å². The average molecular weight is 266 g/mol. The number of aromatic amines is 1. The van der Waals surface area contributed by atoms with E-state index in [1.54, 1.807) is 0 Å². The van der Waals surface area contributed by atoms with Crippen LogP contribution in [0.25, 0.3) is 22.3 Å². The van der Waals surface area contributed by atoms with Crippen LogP contribution in [-0.2, 0) is 0 Å². The fourth-order valence-electron chi connectivity index (χ4n) is 3.17. The van der Waals surface area contributed by atoms with Crippen LogP contribution < -0.4 is 5.32 Å². The Balaban J connectivity index is 1.82. The lowest BCUT2D eigenvalue weighted by molar-refractivity contribution is 0.374. The van der Waals surface area contributed by atoms with Crippen molar-refractivity contribution < 1.29 is 0 Å². The summed E-state index contributed by atoms with van der Waals surface area (Å²) in [6.45, 7) is 2.17. The highest BCUT2D eigenvalue weighted by molar-refractivity contribution is 5.93. The van der Waals surface area contributed by atoms with Crippen LogP contribution in [0.5, 0.6) is 0 Å². The largest absolute Gasteiger partial charge is 0.361 e. The van der Waals surface area contributed by atoms with E-state index in [4.69, 9.17) is 0 Å². The summed E-state index contributed by atoms with van der Waals surface area (Å²) >= 11 is 0. The molecule has 3 aromatic rings. The van der Waals surface area contributed by atoms with Gasteiger partial charge in [0.25, 0.3) is 0 Å². The molecule has 4 heteroatoms. The number of benzene rings is 1. The van der Waals surface area contributed by atoms with E-state index < -0.39 is 0 Å². The van der Waals surface area contributed by atoms with Gasteiger partial charge in [-0.2, -0.15) is 0 Å². The third-order valence-corrected chi connectivity index (χ3v) is 4.17. The van der Waals surface area contributed by atoms with Crippen LogP contribution in [-0.4, -0.2) is 27.6 Å². The van der Waals surface area contributed by atoms with Gasteiger partial charge in [0.1, 0.15) is 5.82 Å². The molecule has 0 spiro atoms. The molecule has 4 nitrogen and oxygen atoms in total. The third kappa shape index (κ3) is 1.84. The topological polar surface area (TPSA) is 45.6 Å². The highest BCUT2D eigenvalue weighted by Gasteiger charge is 2.19. The Morgan fingerprint density at radius 1 is 1.25 bits per heavy atom. The molecule has 1 aliphatic heterocycles. The van der Waals surface area contributed by atoms with Crippen LogP contribution in [0.3, 0.4) is 0 Å². The first kappa shape index (κ1) is 11.7. The third-order valence-electron chi connectivity index (χ3n) is 4.17. The molecule has 20 heavy (non-hydrogen) atoms. The van der Waals surface area contributed by atoms with E-state index in [0.717, 1.165) is 18.9 Å². The molecule has 0 unspecified atom stereocenters. The van der Waals surface area contributed by atoms with Gasteiger partial charge in [-0.15, -0.1) is 0 Å². The van der Waals surface area contributed by atoms with Gasteiger partial charge in [-0.05, 0) is 31.5 Å². The van der Waals surface area contributed by atoms with Gasteiger partial charge in [0, 0.05) is 47.6 Å². The highest BCUT2D eigenvalue weighted by atomic mass is 15.1. The van der Waals surface area contributed by atoms with Crippen molar-refractivity contribution >= 4 is 10.9 Å². The Bertz CT molecular complexity index is 719. The summed E-state index contributed by atoms with van der Waals surface area (Å²) < 4.78 is 2.33. The van der Waals surface area contributed by atoms with Gasteiger partial charge in [0.05, 0.1) is 0 Å². The minimum atomic E-state index is 0.510. The van der Waals surface area contributed by atoms with Crippen LogP contribution in [0.2, 0.25) is 0 Å². The van der Waals surface area contributed by atoms with Crippen molar-refractivity contribution in [3.8, 4) is 11.4 Å². The Morgan fingerprint density at radius 3 is 3.15 bits per heavy atom. The quantitative estimate of drug-likeness (QED) is 0.749. The molecule has 0 aliphatic carbocycles. The zero-order chi connectivity index (χ0) is 13.4. The first-order chi connectivity index (χ1) is 9.93. The number of aromatic nitrogens is 3. The summed E-state index contributed by atoms with van der Waals surface area (Å²) in [5.41, 5.74) is 2.37. The lowest BCUT2D eigenvalue weighted by Gasteiger charge is -2.25. The van der Waals surface area contributed by atoms with Gasteiger partial charge >= 0.3 is 0 Å². The van der Waals surface area contributed by atoms with Gasteiger partial charge in [-0.1, -0.05) is 12.1 Å². The molecular formula is C16H18N4. The van der Waals surface area contributed by atoms with Crippen molar-refractivity contribution in [3.63, 3.8) is 0 Å². The number of nitrogens with zero attached hydrogens (tertiary/aromatic N) is 2. The molecule has 1 saturated heterocycles. The maximum absolute atomic E-state index is 4.61. The molecule has 1 aromatic carbocycles. The second-order valence-corrected chi connectivity index (χ2v) is 5.40. The maximum Gasteiger partial charge on any atom is 0.140 e. The van der Waals surface area contributed by atoms with E-state index in [0.29, 0.717) is 6.04 Å². The van der Waals surface area contributed by atoms with Crippen molar-refractivity contribution in [2.24, 2.45) is 0 Å². The van der Waals surface area contributed by atoms with Gasteiger partial charge in [0.15, 0.2) is 0 Å². The van der Waals surface area contributed by atoms with Gasteiger partial charge in [-0.25, -0.2) is 4.98 Å². The summed E-state index contributed by atoms with van der Waals surface area (Å²) in [5, 5.41) is 4.72. The van der Waals surface area contributed by atoms with Gasteiger partial charge in [0.2, 0.25) is 0 Å². The summed E-state index contributed by atoms with van der Waals surface area (Å²) in [4.78, 5) is 7.88. The fraction of sp³-hybridized carbons (Fsp3) is 0.312. The molecule has 0 saturated carbocycles. The molecule has 0 bridgehead atoms. The normalized spacial score (nSPS) is 19.5. The summed E-state index contributed by atoms with van der Waals surface area (Å²) in [5.74, 6) is 1.07. The number of hydrogen-bond donors (Lipinski definition) is 2. The van der Waals surface area contributed by atoms with Crippen molar-refractivity contribution in [1.82, 2.24) is 19.9 Å². The molecular weight excluding hydrogens is 248 g/mol. The van der Waals surface area contributed by atoms with Crippen LogP contribution in [0.15, 0.2) is 42.9 Å². The van der Waals surface area contributed by atoms with Crippen molar-refractivity contribution in [2.75, 3.05) is 13.1 Å². The lowest BCUT2D eigenvalue weighted by atomic mass is 10.1. The molecule has 1 atom stereocenters. The number of imidazole rings is 1. The molecule has 0 amide bonds. The van der Waals surface area contributed by atoms with E-state index in [1.807, 2.05) is 12.4 Å². The first-order valence-electron chi connectivity index (χ1n) is 7.23. The van der Waals surface area contributed by atoms with Crippen LogP contribution in [0.1, 0.15) is 18.9 Å². The maximum atomic E-state index is 4.61. The van der Waals surface area contributed by atoms with Crippen LogP contribution in [0.4, 0.5) is 0 Å². The fourth-order valence-corrected chi connectivity index (χ4v) is 3.17. The Labute approximate surface area is 117 Å². The number of rotatable bonds is 2. The predicted octanol–water partition coefficient (Wildman–Crippen LogP) is 2.96. The molecule has 3 heterocycles. The van der Waals surface area contributed by atoms with Crippen LogP contribution in [0, 0.1) is 0 Å². The number of piperidine rings is 1. The zero-order valence-corrected chi connectivity index (χ0v) is 11.3. The van der Waals surface area contributed by atoms with Crippen molar-refractivity contribution in [3.05, 3.63) is 42.9 Å². The number of fused-ring (bicyclic) bond motifs is 1. The Hall–Kier alpha value is -2.07. The molecule has 102 valence electrons. The predicted molar refractivity (Wildman–Crippen MR) is 80.7 cm³/mol. The molecule has 0 radical (unpaired) electrons. The smallest absolute Gasteiger partial charge is 0.140 e. The minimum Gasteiger partial charge on any atom is -0.361 e. The summed E-state index contributed by atoms with van der Waals surface area (Å²) in [7, 11) is 0. The van der Waals surface area contributed by atoms with E-state index in [-0.39, 0.29) is 0 Å². The van der Waals surface area contributed by atoms with Gasteiger partial charge < -0.3 is 14.9 Å². The second-order valence-electron chi connectivity index (χ2n) is 5.40. The first-order valence-corrected chi connectivity index (χ1v) is 7.23. The van der Waals surface area contributed by atoms with E-state index >= 15 is 0 Å². The molecule has 2 N–H and O–H groups in total. The minimum absolute atomic E-state index is 0.510. The number of nitrogens with one attached hydrogen (secondary N) is 2. The summed E-state index contributed by atoms with van der Waals surface area (Å²) in [6.07, 6.45) is 8.47. The van der Waals surface area contributed by atoms with E-state index in [1.165, 1.54) is 29.3 Å². The van der Waals surface area contributed by atoms with Crippen molar-refractivity contribution in [1.29, 1.82) is 0 Å². The van der Waals surface area contributed by atoms with E-state index in [9.17, 15) is 0 Å².